The first-order valence-corrected chi connectivity index (χ1v) is 7.95. The van der Waals surface area contributed by atoms with E-state index in [9.17, 15) is 13.9 Å². The number of hydrogen-bond donors (Lipinski definition) is 1. The Bertz CT molecular complexity index is 1050. The van der Waals surface area contributed by atoms with E-state index in [-0.39, 0.29) is 18.7 Å². The van der Waals surface area contributed by atoms with Crippen LogP contribution >= 0.6 is 0 Å². The van der Waals surface area contributed by atoms with Crippen LogP contribution in [0.25, 0.3) is 11.0 Å². The van der Waals surface area contributed by atoms with E-state index in [2.05, 4.69) is 15.1 Å². The molecule has 0 aliphatic carbocycles. The van der Waals surface area contributed by atoms with E-state index >= 15 is 0 Å². The molecule has 0 saturated carbocycles. The number of imidazole rings is 1. The maximum atomic E-state index is 14.4. The molecule has 132 valence electrons. The van der Waals surface area contributed by atoms with Crippen molar-refractivity contribution in [2.24, 2.45) is 0 Å². The second-order valence-electron chi connectivity index (χ2n) is 6.11. The molecule has 26 heavy (non-hydrogen) atoms. The van der Waals surface area contributed by atoms with Gasteiger partial charge in [0.15, 0.2) is 0 Å². The summed E-state index contributed by atoms with van der Waals surface area (Å²) in [5, 5.41) is 15.3. The van der Waals surface area contributed by atoms with Gasteiger partial charge in [-0.05, 0) is 18.2 Å². The lowest BCUT2D eigenvalue weighted by atomic mass is 9.92. The molecule has 0 bridgehead atoms. The molecule has 2 heterocycles. The van der Waals surface area contributed by atoms with Crippen molar-refractivity contribution < 1.29 is 13.9 Å². The smallest absolute Gasteiger partial charge is 0.137 e. The van der Waals surface area contributed by atoms with Crippen molar-refractivity contribution in [3.05, 3.63) is 78.6 Å². The quantitative estimate of drug-likeness (QED) is 0.597. The minimum Gasteiger partial charge on any atom is -0.381 e. The van der Waals surface area contributed by atoms with Crippen molar-refractivity contribution in [1.29, 1.82) is 0 Å². The van der Waals surface area contributed by atoms with Crippen molar-refractivity contribution in [2.75, 3.05) is 0 Å². The molecule has 2 aromatic carbocycles. The molecule has 4 rings (SSSR count). The number of benzene rings is 2. The zero-order chi connectivity index (χ0) is 18.1. The lowest BCUT2D eigenvalue weighted by molar-refractivity contribution is -0.00449. The van der Waals surface area contributed by atoms with Crippen molar-refractivity contribution >= 4 is 11.0 Å². The van der Waals surface area contributed by atoms with Crippen LogP contribution in [0, 0.1) is 11.6 Å². The number of aliphatic hydroxyl groups is 1. The highest BCUT2D eigenvalue weighted by atomic mass is 19.1. The van der Waals surface area contributed by atoms with Crippen molar-refractivity contribution in [2.45, 2.75) is 18.7 Å². The number of fused-ring (bicyclic) bond motifs is 1. The minimum atomic E-state index is -1.69. The predicted molar refractivity (Wildman–Crippen MR) is 90.0 cm³/mol. The van der Waals surface area contributed by atoms with Gasteiger partial charge in [0.25, 0.3) is 0 Å². The molecule has 6 nitrogen and oxygen atoms in total. The zero-order valence-electron chi connectivity index (χ0n) is 13.6. The fourth-order valence-electron chi connectivity index (χ4n) is 3.09. The summed E-state index contributed by atoms with van der Waals surface area (Å²) in [6.45, 7) is -0.0437. The first-order chi connectivity index (χ1) is 12.5. The van der Waals surface area contributed by atoms with Crippen LogP contribution in [0.5, 0.6) is 0 Å². The number of nitrogens with zero attached hydrogens (tertiary/aromatic N) is 5. The first kappa shape index (κ1) is 16.3. The van der Waals surface area contributed by atoms with Gasteiger partial charge in [0, 0.05) is 11.6 Å². The second kappa shape index (κ2) is 6.30. The summed E-state index contributed by atoms with van der Waals surface area (Å²) in [5.74, 6) is -1.53. The number of rotatable bonds is 5. The Morgan fingerprint density at radius 1 is 1.04 bits per heavy atom. The molecular weight excluding hydrogens is 340 g/mol. The third kappa shape index (κ3) is 2.95. The number of para-hydroxylation sites is 2. The molecule has 8 heteroatoms. The molecule has 0 saturated heterocycles. The summed E-state index contributed by atoms with van der Waals surface area (Å²) in [6.07, 6.45) is 4.34. The highest BCUT2D eigenvalue weighted by Gasteiger charge is 2.34. The van der Waals surface area contributed by atoms with Crippen LogP contribution in [-0.4, -0.2) is 29.4 Å². The van der Waals surface area contributed by atoms with Crippen LogP contribution in [0.1, 0.15) is 5.56 Å². The SMILES string of the molecule is OC(Cn1cncn1)(Cn1cnc2ccccc21)c1ccc(F)cc1F. The summed E-state index contributed by atoms with van der Waals surface area (Å²) in [4.78, 5) is 8.14. The van der Waals surface area contributed by atoms with Gasteiger partial charge in [-0.1, -0.05) is 18.2 Å². The van der Waals surface area contributed by atoms with Crippen LogP contribution in [0.4, 0.5) is 8.78 Å². The van der Waals surface area contributed by atoms with Gasteiger partial charge in [0.05, 0.1) is 30.5 Å². The number of aromatic nitrogens is 5. The van der Waals surface area contributed by atoms with E-state index in [1.165, 1.54) is 23.4 Å². The molecule has 1 unspecified atom stereocenters. The largest absolute Gasteiger partial charge is 0.381 e. The Hall–Kier alpha value is -3.13. The van der Waals surface area contributed by atoms with Gasteiger partial charge < -0.3 is 9.67 Å². The molecule has 1 N–H and O–H groups in total. The van der Waals surface area contributed by atoms with E-state index < -0.39 is 17.2 Å². The fraction of sp³-hybridized carbons (Fsp3) is 0.167. The lowest BCUT2D eigenvalue weighted by Crippen LogP contribution is -2.37. The minimum absolute atomic E-state index is 0.00985. The highest BCUT2D eigenvalue weighted by molar-refractivity contribution is 5.74. The number of hydrogen-bond acceptors (Lipinski definition) is 4. The first-order valence-electron chi connectivity index (χ1n) is 7.95. The van der Waals surface area contributed by atoms with Crippen LogP contribution in [0.3, 0.4) is 0 Å². The van der Waals surface area contributed by atoms with Gasteiger partial charge in [-0.3, -0.25) is 0 Å². The normalized spacial score (nSPS) is 13.8. The van der Waals surface area contributed by atoms with Gasteiger partial charge >= 0.3 is 0 Å². The number of halogens is 2. The monoisotopic (exact) mass is 355 g/mol. The Labute approximate surface area is 147 Å². The van der Waals surface area contributed by atoms with Gasteiger partial charge in [-0.2, -0.15) is 5.10 Å². The van der Waals surface area contributed by atoms with Crippen LogP contribution in [-0.2, 0) is 18.7 Å². The third-order valence-electron chi connectivity index (χ3n) is 4.28. The maximum Gasteiger partial charge on any atom is 0.137 e. The molecule has 0 aliphatic rings. The van der Waals surface area contributed by atoms with E-state index in [0.29, 0.717) is 0 Å². The van der Waals surface area contributed by atoms with E-state index in [4.69, 9.17) is 0 Å². The summed E-state index contributed by atoms with van der Waals surface area (Å²) < 4.78 is 30.9. The van der Waals surface area contributed by atoms with Gasteiger partial charge in [-0.25, -0.2) is 23.4 Å². The average Bonchev–Trinajstić information content (AvgIpc) is 3.25. The molecule has 0 amide bonds. The summed E-state index contributed by atoms with van der Waals surface area (Å²) >= 11 is 0. The Morgan fingerprint density at radius 3 is 2.65 bits per heavy atom. The van der Waals surface area contributed by atoms with E-state index in [1.807, 2.05) is 24.3 Å². The molecule has 1 atom stereocenters. The summed E-state index contributed by atoms with van der Waals surface area (Å²) in [7, 11) is 0. The second-order valence-corrected chi connectivity index (χ2v) is 6.11. The van der Waals surface area contributed by atoms with Gasteiger partial charge in [-0.15, -0.1) is 0 Å². The lowest BCUT2D eigenvalue weighted by Gasteiger charge is -2.29. The van der Waals surface area contributed by atoms with Gasteiger partial charge in [0.1, 0.15) is 29.9 Å². The Kier molecular flexibility index (Phi) is 3.96. The van der Waals surface area contributed by atoms with Crippen molar-refractivity contribution in [1.82, 2.24) is 24.3 Å². The Balaban J connectivity index is 1.79. The molecule has 0 radical (unpaired) electrons. The fourth-order valence-corrected chi connectivity index (χ4v) is 3.09. The van der Waals surface area contributed by atoms with E-state index in [0.717, 1.165) is 23.2 Å². The summed E-state index contributed by atoms with van der Waals surface area (Å²) in [5.41, 5.74) is -0.149. The zero-order valence-corrected chi connectivity index (χ0v) is 13.6. The van der Waals surface area contributed by atoms with Crippen LogP contribution < -0.4 is 0 Å². The van der Waals surface area contributed by atoms with Crippen LogP contribution in [0.2, 0.25) is 0 Å². The third-order valence-corrected chi connectivity index (χ3v) is 4.28. The van der Waals surface area contributed by atoms with Crippen molar-refractivity contribution in [3.63, 3.8) is 0 Å². The summed E-state index contributed by atoms with van der Waals surface area (Å²) in [6, 6.07) is 10.6. The molecule has 0 spiro atoms. The maximum absolute atomic E-state index is 14.4. The van der Waals surface area contributed by atoms with E-state index in [1.54, 1.807) is 10.9 Å². The highest BCUT2D eigenvalue weighted by Crippen LogP contribution is 2.29. The standard InChI is InChI=1S/C18H15F2N5O/c19-13-5-6-14(15(20)7-13)18(26,9-25-11-21-10-23-25)8-24-12-22-16-3-1-2-4-17(16)24/h1-7,10-12,26H,8-9H2. The molecular formula is C18H15F2N5O. The topological polar surface area (TPSA) is 68.8 Å². The Morgan fingerprint density at radius 2 is 1.88 bits per heavy atom. The van der Waals surface area contributed by atoms with Crippen molar-refractivity contribution in [3.8, 4) is 0 Å². The molecule has 2 aromatic heterocycles. The molecule has 4 aromatic rings. The van der Waals surface area contributed by atoms with Crippen LogP contribution in [0.15, 0.2) is 61.4 Å². The molecule has 0 aliphatic heterocycles. The average molecular weight is 355 g/mol. The predicted octanol–water partition coefficient (Wildman–Crippen LogP) is 2.49. The molecule has 0 fully saturated rings. The van der Waals surface area contributed by atoms with Gasteiger partial charge in [0.2, 0.25) is 0 Å².